The molecule has 0 saturated heterocycles. The van der Waals surface area contributed by atoms with E-state index < -0.39 is 0 Å². The fourth-order valence-electron chi connectivity index (χ4n) is 1.34. The predicted molar refractivity (Wildman–Crippen MR) is 57.3 cm³/mol. The van der Waals surface area contributed by atoms with Gasteiger partial charge in [0, 0.05) is 17.0 Å². The van der Waals surface area contributed by atoms with Gasteiger partial charge in [-0.15, -0.1) is 0 Å². The molecule has 2 aromatic rings. The van der Waals surface area contributed by atoms with E-state index >= 15 is 0 Å². The Morgan fingerprint density at radius 1 is 1.54 bits per heavy atom. The van der Waals surface area contributed by atoms with Crippen LogP contribution in [0.1, 0.15) is 11.3 Å². The van der Waals surface area contributed by atoms with Crippen molar-refractivity contribution >= 4 is 33.2 Å². The first-order valence-electron chi connectivity index (χ1n) is 3.97. The molecule has 0 spiro atoms. The molecular formula is C9H9ClN2S. The van der Waals surface area contributed by atoms with Crippen LogP contribution in [0.4, 0.5) is 0 Å². The average Bonchev–Trinajstić information content (AvgIpc) is 2.47. The number of fused-ring (bicyclic) bond motifs is 1. The number of hydrogen-bond donors (Lipinski definition) is 1. The van der Waals surface area contributed by atoms with Gasteiger partial charge < -0.3 is 5.73 Å². The van der Waals surface area contributed by atoms with Crippen LogP contribution in [0.15, 0.2) is 12.1 Å². The Kier molecular flexibility index (Phi) is 2.24. The fraction of sp³-hybridized carbons (Fsp3) is 0.222. The third kappa shape index (κ3) is 1.43. The van der Waals surface area contributed by atoms with Gasteiger partial charge in [-0.2, -0.15) is 4.37 Å². The van der Waals surface area contributed by atoms with Crippen LogP contribution in [0.3, 0.4) is 0 Å². The summed E-state index contributed by atoms with van der Waals surface area (Å²) in [6.45, 7) is 2.49. The minimum atomic E-state index is 0.513. The standard InChI is InChI=1S/C9H9ClN2S/c1-5-8-3-7(10)2-6(4-11)9(8)13-12-5/h2-3H,4,11H2,1H3. The molecule has 0 radical (unpaired) electrons. The molecule has 0 unspecified atom stereocenters. The SMILES string of the molecule is Cc1nsc2c(CN)cc(Cl)cc12. The summed E-state index contributed by atoms with van der Waals surface area (Å²) in [6, 6.07) is 3.84. The molecule has 68 valence electrons. The van der Waals surface area contributed by atoms with E-state index in [1.165, 1.54) is 11.5 Å². The van der Waals surface area contributed by atoms with E-state index in [-0.39, 0.29) is 0 Å². The normalized spacial score (nSPS) is 11.0. The van der Waals surface area contributed by atoms with Crippen LogP contribution >= 0.6 is 23.1 Å². The monoisotopic (exact) mass is 212 g/mol. The summed E-state index contributed by atoms with van der Waals surface area (Å²) in [4.78, 5) is 0. The highest BCUT2D eigenvalue weighted by Crippen LogP contribution is 2.29. The van der Waals surface area contributed by atoms with E-state index in [1.54, 1.807) is 0 Å². The van der Waals surface area contributed by atoms with Crippen LogP contribution in [-0.2, 0) is 6.54 Å². The second-order valence-corrected chi connectivity index (χ2v) is 4.12. The number of benzene rings is 1. The lowest BCUT2D eigenvalue weighted by Gasteiger charge is -1.99. The van der Waals surface area contributed by atoms with Gasteiger partial charge in [-0.1, -0.05) is 11.6 Å². The van der Waals surface area contributed by atoms with E-state index in [0.717, 1.165) is 26.4 Å². The molecule has 0 amide bonds. The maximum Gasteiger partial charge on any atom is 0.0598 e. The Balaban J connectivity index is 2.84. The maximum atomic E-state index is 5.95. The van der Waals surface area contributed by atoms with Gasteiger partial charge in [0.05, 0.1) is 10.4 Å². The smallest absolute Gasteiger partial charge is 0.0598 e. The second kappa shape index (κ2) is 3.25. The number of halogens is 1. The summed E-state index contributed by atoms with van der Waals surface area (Å²) in [5.74, 6) is 0. The minimum absolute atomic E-state index is 0.513. The van der Waals surface area contributed by atoms with E-state index in [9.17, 15) is 0 Å². The van der Waals surface area contributed by atoms with Crippen molar-refractivity contribution in [3.8, 4) is 0 Å². The van der Waals surface area contributed by atoms with Crippen molar-refractivity contribution in [1.29, 1.82) is 0 Å². The molecule has 2 nitrogen and oxygen atoms in total. The molecule has 13 heavy (non-hydrogen) atoms. The topological polar surface area (TPSA) is 38.9 Å². The molecule has 0 aliphatic heterocycles. The molecule has 0 saturated carbocycles. The first-order valence-corrected chi connectivity index (χ1v) is 5.12. The molecule has 1 aromatic carbocycles. The zero-order chi connectivity index (χ0) is 9.42. The molecule has 0 aliphatic rings. The Morgan fingerprint density at radius 2 is 2.31 bits per heavy atom. The van der Waals surface area contributed by atoms with Crippen LogP contribution in [0, 0.1) is 6.92 Å². The number of hydrogen-bond acceptors (Lipinski definition) is 3. The van der Waals surface area contributed by atoms with Gasteiger partial charge in [0.15, 0.2) is 0 Å². The summed E-state index contributed by atoms with van der Waals surface area (Å²) in [5, 5.41) is 1.86. The Bertz CT molecular complexity index is 450. The van der Waals surface area contributed by atoms with E-state index in [1.807, 2.05) is 19.1 Å². The van der Waals surface area contributed by atoms with Crippen molar-refractivity contribution in [2.75, 3.05) is 0 Å². The van der Waals surface area contributed by atoms with Crippen LogP contribution in [-0.4, -0.2) is 4.37 Å². The summed E-state index contributed by atoms with van der Waals surface area (Å²) < 4.78 is 5.43. The molecule has 0 bridgehead atoms. The Morgan fingerprint density at radius 3 is 3.00 bits per heavy atom. The lowest BCUT2D eigenvalue weighted by atomic mass is 10.1. The lowest BCUT2D eigenvalue weighted by molar-refractivity contribution is 1.09. The number of nitrogens with two attached hydrogens (primary N) is 1. The van der Waals surface area contributed by atoms with Crippen molar-refractivity contribution in [1.82, 2.24) is 4.37 Å². The van der Waals surface area contributed by atoms with Gasteiger partial charge in [-0.05, 0) is 36.2 Å². The molecule has 2 rings (SSSR count). The fourth-order valence-corrected chi connectivity index (χ4v) is 2.47. The number of nitrogens with zero attached hydrogens (tertiary/aromatic N) is 1. The second-order valence-electron chi connectivity index (χ2n) is 2.91. The molecule has 0 aliphatic carbocycles. The third-order valence-electron chi connectivity index (χ3n) is 2.01. The van der Waals surface area contributed by atoms with Gasteiger partial charge in [-0.25, -0.2) is 0 Å². The minimum Gasteiger partial charge on any atom is -0.326 e. The highest BCUT2D eigenvalue weighted by Gasteiger charge is 2.07. The van der Waals surface area contributed by atoms with Crippen LogP contribution in [0.5, 0.6) is 0 Å². The highest BCUT2D eigenvalue weighted by molar-refractivity contribution is 7.13. The van der Waals surface area contributed by atoms with Crippen LogP contribution in [0.2, 0.25) is 5.02 Å². The molecule has 0 atom stereocenters. The molecule has 4 heteroatoms. The highest BCUT2D eigenvalue weighted by atomic mass is 35.5. The average molecular weight is 213 g/mol. The van der Waals surface area contributed by atoms with E-state index in [4.69, 9.17) is 17.3 Å². The summed E-state index contributed by atoms with van der Waals surface area (Å²) in [7, 11) is 0. The molecule has 1 heterocycles. The van der Waals surface area contributed by atoms with Gasteiger partial charge in [0.1, 0.15) is 0 Å². The van der Waals surface area contributed by atoms with Gasteiger partial charge in [-0.3, -0.25) is 0 Å². The van der Waals surface area contributed by atoms with Crippen LogP contribution in [0.25, 0.3) is 10.1 Å². The third-order valence-corrected chi connectivity index (χ3v) is 3.26. The van der Waals surface area contributed by atoms with Crippen molar-refractivity contribution < 1.29 is 0 Å². The summed E-state index contributed by atoms with van der Waals surface area (Å²) >= 11 is 7.44. The Labute approximate surface area is 85.5 Å². The first-order chi connectivity index (χ1) is 6.22. The van der Waals surface area contributed by atoms with E-state index in [2.05, 4.69) is 4.37 Å². The molecular weight excluding hydrogens is 204 g/mol. The van der Waals surface area contributed by atoms with Crippen molar-refractivity contribution in [3.63, 3.8) is 0 Å². The van der Waals surface area contributed by atoms with Crippen molar-refractivity contribution in [3.05, 3.63) is 28.4 Å². The predicted octanol–water partition coefficient (Wildman–Crippen LogP) is 2.72. The maximum absolute atomic E-state index is 5.95. The first kappa shape index (κ1) is 8.94. The summed E-state index contributed by atoms with van der Waals surface area (Å²) in [5.41, 5.74) is 7.72. The quantitative estimate of drug-likeness (QED) is 0.790. The largest absolute Gasteiger partial charge is 0.326 e. The van der Waals surface area contributed by atoms with Gasteiger partial charge >= 0.3 is 0 Å². The van der Waals surface area contributed by atoms with E-state index in [0.29, 0.717) is 6.54 Å². The lowest BCUT2D eigenvalue weighted by Crippen LogP contribution is -1.95. The van der Waals surface area contributed by atoms with Crippen molar-refractivity contribution in [2.45, 2.75) is 13.5 Å². The Hall–Kier alpha value is -0.640. The number of rotatable bonds is 1. The zero-order valence-electron chi connectivity index (χ0n) is 7.17. The summed E-state index contributed by atoms with van der Waals surface area (Å²) in [6.07, 6.45) is 0. The number of aromatic nitrogens is 1. The van der Waals surface area contributed by atoms with Gasteiger partial charge in [0.2, 0.25) is 0 Å². The zero-order valence-corrected chi connectivity index (χ0v) is 8.75. The molecule has 2 N–H and O–H groups in total. The van der Waals surface area contributed by atoms with Crippen molar-refractivity contribution in [2.24, 2.45) is 5.73 Å². The van der Waals surface area contributed by atoms with Crippen LogP contribution < -0.4 is 5.73 Å². The van der Waals surface area contributed by atoms with Gasteiger partial charge in [0.25, 0.3) is 0 Å². The number of aryl methyl sites for hydroxylation is 1. The molecule has 0 fully saturated rings. The molecule has 1 aromatic heterocycles.